The highest BCUT2D eigenvalue weighted by molar-refractivity contribution is 5.94. The van der Waals surface area contributed by atoms with E-state index in [9.17, 15) is 9.59 Å². The summed E-state index contributed by atoms with van der Waals surface area (Å²) in [5, 5.41) is 5.81. The average Bonchev–Trinajstić information content (AvgIpc) is 2.60. The predicted octanol–water partition coefficient (Wildman–Crippen LogP) is 3.09. The zero-order chi connectivity index (χ0) is 16.7. The molecule has 0 aliphatic carbocycles. The second-order valence-electron chi connectivity index (χ2n) is 5.02. The number of aryl methyl sites for hydroxylation is 1. The first-order chi connectivity index (χ1) is 11.1. The monoisotopic (exact) mass is 312 g/mol. The molecule has 120 valence electrons. The zero-order valence-electron chi connectivity index (χ0n) is 13.3. The Kier molecular flexibility index (Phi) is 5.74. The van der Waals surface area contributed by atoms with E-state index in [4.69, 9.17) is 0 Å². The molecule has 0 fully saturated rings. The Morgan fingerprint density at radius 3 is 2.43 bits per heavy atom. The molecule has 1 amide bonds. The quantitative estimate of drug-likeness (QED) is 0.804. The van der Waals surface area contributed by atoms with E-state index in [1.165, 1.54) is 12.7 Å². The smallest absolute Gasteiger partial charge is 0.337 e. The lowest BCUT2D eigenvalue weighted by Crippen LogP contribution is -2.21. The summed E-state index contributed by atoms with van der Waals surface area (Å²) in [5.41, 5.74) is 3.11. The third kappa shape index (κ3) is 4.85. The Balaban J connectivity index is 1.89. The van der Waals surface area contributed by atoms with Gasteiger partial charge in [-0.25, -0.2) is 4.79 Å². The largest absolute Gasteiger partial charge is 0.465 e. The first kappa shape index (κ1) is 16.5. The maximum Gasteiger partial charge on any atom is 0.337 e. The first-order valence-electron chi connectivity index (χ1n) is 7.43. The molecule has 5 heteroatoms. The van der Waals surface area contributed by atoms with Crippen molar-refractivity contribution in [2.45, 2.75) is 13.3 Å². The summed E-state index contributed by atoms with van der Waals surface area (Å²) in [5.74, 6) is -0.563. The van der Waals surface area contributed by atoms with E-state index < -0.39 is 5.97 Å². The van der Waals surface area contributed by atoms with Gasteiger partial charge in [0, 0.05) is 11.4 Å². The molecule has 0 saturated carbocycles. The standard InChI is InChI=1S/C18H20N2O3/c1-3-13-7-9-15(10-8-13)20-17(21)12-19-16-6-4-5-14(11-16)18(22)23-2/h4-11,19H,3,12H2,1-2H3,(H,20,21). The lowest BCUT2D eigenvalue weighted by Gasteiger charge is -2.09. The molecule has 0 saturated heterocycles. The van der Waals surface area contributed by atoms with Crippen LogP contribution in [-0.4, -0.2) is 25.5 Å². The van der Waals surface area contributed by atoms with Crippen molar-refractivity contribution in [3.05, 3.63) is 59.7 Å². The molecular formula is C18H20N2O3. The fourth-order valence-corrected chi connectivity index (χ4v) is 2.09. The van der Waals surface area contributed by atoms with Crippen LogP contribution in [0.1, 0.15) is 22.8 Å². The number of esters is 1. The van der Waals surface area contributed by atoms with Crippen LogP contribution < -0.4 is 10.6 Å². The van der Waals surface area contributed by atoms with E-state index in [0.29, 0.717) is 11.3 Å². The van der Waals surface area contributed by atoms with Crippen LogP contribution in [0.25, 0.3) is 0 Å². The number of hydrogen-bond acceptors (Lipinski definition) is 4. The van der Waals surface area contributed by atoms with E-state index in [-0.39, 0.29) is 12.5 Å². The Labute approximate surface area is 135 Å². The molecule has 0 aliphatic heterocycles. The van der Waals surface area contributed by atoms with Crippen molar-refractivity contribution in [1.82, 2.24) is 0 Å². The van der Waals surface area contributed by atoms with E-state index in [1.807, 2.05) is 24.3 Å². The van der Waals surface area contributed by atoms with Gasteiger partial charge in [0.25, 0.3) is 0 Å². The number of nitrogens with one attached hydrogen (secondary N) is 2. The van der Waals surface area contributed by atoms with Crippen molar-refractivity contribution in [3.8, 4) is 0 Å². The molecule has 0 aliphatic rings. The van der Waals surface area contributed by atoms with Crippen LogP contribution in [-0.2, 0) is 16.0 Å². The number of carbonyl (C=O) groups excluding carboxylic acids is 2. The molecule has 2 N–H and O–H groups in total. The van der Waals surface area contributed by atoms with E-state index in [1.54, 1.807) is 24.3 Å². The van der Waals surface area contributed by atoms with Crippen molar-refractivity contribution in [2.75, 3.05) is 24.3 Å². The van der Waals surface area contributed by atoms with E-state index in [2.05, 4.69) is 22.3 Å². The number of ether oxygens (including phenoxy) is 1. The van der Waals surface area contributed by atoms with Crippen LogP contribution >= 0.6 is 0 Å². The van der Waals surface area contributed by atoms with Gasteiger partial charge in [0.2, 0.25) is 5.91 Å². The Hall–Kier alpha value is -2.82. The van der Waals surface area contributed by atoms with Gasteiger partial charge < -0.3 is 15.4 Å². The van der Waals surface area contributed by atoms with Crippen molar-refractivity contribution < 1.29 is 14.3 Å². The van der Waals surface area contributed by atoms with Crippen LogP contribution in [0.3, 0.4) is 0 Å². The molecular weight excluding hydrogens is 292 g/mol. The number of methoxy groups -OCH3 is 1. The molecule has 0 radical (unpaired) electrons. The minimum atomic E-state index is -0.408. The number of benzene rings is 2. The van der Waals surface area contributed by atoms with Gasteiger partial charge in [-0.15, -0.1) is 0 Å². The van der Waals surface area contributed by atoms with Crippen molar-refractivity contribution in [3.63, 3.8) is 0 Å². The molecule has 2 aromatic carbocycles. The molecule has 0 spiro atoms. The van der Waals surface area contributed by atoms with Crippen LogP contribution in [0.15, 0.2) is 48.5 Å². The first-order valence-corrected chi connectivity index (χ1v) is 7.43. The summed E-state index contributed by atoms with van der Waals surface area (Å²) in [6.07, 6.45) is 0.965. The number of rotatable bonds is 6. The van der Waals surface area contributed by atoms with Gasteiger partial charge in [-0.1, -0.05) is 25.1 Å². The third-order valence-electron chi connectivity index (χ3n) is 3.38. The average molecular weight is 312 g/mol. The molecule has 0 atom stereocenters. The van der Waals surface area contributed by atoms with Gasteiger partial charge in [0.05, 0.1) is 19.2 Å². The summed E-state index contributed by atoms with van der Waals surface area (Å²) in [4.78, 5) is 23.4. The molecule has 2 rings (SSSR count). The molecule has 23 heavy (non-hydrogen) atoms. The third-order valence-corrected chi connectivity index (χ3v) is 3.38. The van der Waals surface area contributed by atoms with Crippen LogP contribution in [0.5, 0.6) is 0 Å². The fourth-order valence-electron chi connectivity index (χ4n) is 2.09. The predicted molar refractivity (Wildman–Crippen MR) is 90.7 cm³/mol. The molecule has 0 aromatic heterocycles. The second-order valence-corrected chi connectivity index (χ2v) is 5.02. The lowest BCUT2D eigenvalue weighted by molar-refractivity contribution is -0.114. The van der Waals surface area contributed by atoms with Crippen LogP contribution in [0, 0.1) is 0 Å². The summed E-state index contributed by atoms with van der Waals surface area (Å²) in [6, 6.07) is 14.6. The number of carbonyl (C=O) groups is 2. The fraction of sp³-hybridized carbons (Fsp3) is 0.222. The topological polar surface area (TPSA) is 67.4 Å². The van der Waals surface area contributed by atoms with Gasteiger partial charge >= 0.3 is 5.97 Å². The zero-order valence-corrected chi connectivity index (χ0v) is 13.3. The van der Waals surface area contributed by atoms with Crippen molar-refractivity contribution in [2.24, 2.45) is 0 Å². The molecule has 2 aromatic rings. The highest BCUT2D eigenvalue weighted by Gasteiger charge is 2.07. The van der Waals surface area contributed by atoms with E-state index >= 15 is 0 Å². The van der Waals surface area contributed by atoms with Crippen LogP contribution in [0.4, 0.5) is 11.4 Å². The van der Waals surface area contributed by atoms with Crippen LogP contribution in [0.2, 0.25) is 0 Å². The summed E-state index contributed by atoms with van der Waals surface area (Å²) in [7, 11) is 1.33. The Morgan fingerprint density at radius 1 is 1.04 bits per heavy atom. The molecule has 0 bridgehead atoms. The van der Waals surface area contributed by atoms with Gasteiger partial charge in [-0.3, -0.25) is 4.79 Å². The summed E-state index contributed by atoms with van der Waals surface area (Å²) in [6.45, 7) is 2.19. The minimum absolute atomic E-state index is 0.111. The highest BCUT2D eigenvalue weighted by atomic mass is 16.5. The molecule has 0 heterocycles. The van der Waals surface area contributed by atoms with Gasteiger partial charge in [-0.2, -0.15) is 0 Å². The van der Waals surface area contributed by atoms with Crippen molar-refractivity contribution in [1.29, 1.82) is 0 Å². The van der Waals surface area contributed by atoms with Gasteiger partial charge in [0.15, 0.2) is 0 Å². The van der Waals surface area contributed by atoms with E-state index in [0.717, 1.165) is 12.1 Å². The Morgan fingerprint density at radius 2 is 1.78 bits per heavy atom. The maximum absolute atomic E-state index is 11.9. The van der Waals surface area contributed by atoms with Gasteiger partial charge in [0.1, 0.15) is 0 Å². The summed E-state index contributed by atoms with van der Waals surface area (Å²) >= 11 is 0. The second kappa shape index (κ2) is 7.98. The molecule has 5 nitrogen and oxygen atoms in total. The maximum atomic E-state index is 11.9. The number of amides is 1. The van der Waals surface area contributed by atoms with Crippen molar-refractivity contribution >= 4 is 23.3 Å². The SMILES string of the molecule is CCc1ccc(NC(=O)CNc2cccc(C(=O)OC)c2)cc1. The Bertz CT molecular complexity index is 681. The highest BCUT2D eigenvalue weighted by Crippen LogP contribution is 2.12. The minimum Gasteiger partial charge on any atom is -0.465 e. The lowest BCUT2D eigenvalue weighted by atomic mass is 10.1. The normalized spacial score (nSPS) is 10.0. The molecule has 0 unspecified atom stereocenters. The number of anilines is 2. The number of hydrogen-bond donors (Lipinski definition) is 2. The van der Waals surface area contributed by atoms with Gasteiger partial charge in [-0.05, 0) is 42.3 Å². The summed E-state index contributed by atoms with van der Waals surface area (Å²) < 4.78 is 4.67.